The van der Waals surface area contributed by atoms with Crippen LogP contribution in [0, 0.1) is 0 Å². The number of pyridine rings is 1. The van der Waals surface area contributed by atoms with E-state index in [4.69, 9.17) is 11.6 Å². The molecule has 1 N–H and O–H groups in total. The number of rotatable bonds is 3. The Labute approximate surface area is 151 Å². The van der Waals surface area contributed by atoms with Crippen LogP contribution in [0.15, 0.2) is 30.5 Å². The van der Waals surface area contributed by atoms with E-state index in [1.165, 1.54) is 4.90 Å². The summed E-state index contributed by atoms with van der Waals surface area (Å²) in [6.45, 7) is 0. The number of imide groups is 1. The van der Waals surface area contributed by atoms with Gasteiger partial charge in [0.2, 0.25) is 11.8 Å². The summed E-state index contributed by atoms with van der Waals surface area (Å²) in [7, 11) is 0. The van der Waals surface area contributed by atoms with Crippen LogP contribution in [-0.4, -0.2) is 33.8 Å². The number of aromatic nitrogens is 1. The first-order valence-corrected chi connectivity index (χ1v) is 9.15. The number of hydrogen-bond donors (Lipinski definition) is 1. The van der Waals surface area contributed by atoms with Gasteiger partial charge in [-0.3, -0.25) is 19.5 Å². The summed E-state index contributed by atoms with van der Waals surface area (Å²) in [6, 6.07) is 8.07. The first-order valence-electron chi connectivity index (χ1n) is 8.77. The molecular formula is C19H20ClN3O2. The highest BCUT2D eigenvalue weighted by Gasteiger charge is 2.36. The van der Waals surface area contributed by atoms with Crippen LogP contribution in [-0.2, 0) is 9.59 Å². The Morgan fingerprint density at radius 3 is 2.48 bits per heavy atom. The van der Waals surface area contributed by atoms with Gasteiger partial charge in [-0.25, -0.2) is 0 Å². The van der Waals surface area contributed by atoms with E-state index in [2.05, 4.69) is 10.3 Å². The number of likely N-dealkylation sites (tertiary alicyclic amines) is 1. The van der Waals surface area contributed by atoms with Gasteiger partial charge in [-0.05, 0) is 49.9 Å². The van der Waals surface area contributed by atoms with Gasteiger partial charge >= 0.3 is 0 Å². The van der Waals surface area contributed by atoms with Crippen molar-refractivity contribution in [3.05, 3.63) is 35.5 Å². The topological polar surface area (TPSA) is 62.3 Å². The lowest BCUT2D eigenvalue weighted by Gasteiger charge is -2.34. The summed E-state index contributed by atoms with van der Waals surface area (Å²) >= 11 is 6.13. The molecule has 1 saturated carbocycles. The van der Waals surface area contributed by atoms with E-state index in [1.54, 1.807) is 6.20 Å². The van der Waals surface area contributed by atoms with E-state index in [0.29, 0.717) is 23.9 Å². The van der Waals surface area contributed by atoms with Crippen LogP contribution < -0.4 is 5.32 Å². The van der Waals surface area contributed by atoms with Gasteiger partial charge in [-0.2, -0.15) is 0 Å². The van der Waals surface area contributed by atoms with Crippen molar-refractivity contribution in [2.45, 2.75) is 50.6 Å². The smallest absolute Gasteiger partial charge is 0.229 e. The largest absolute Gasteiger partial charge is 0.382 e. The van der Waals surface area contributed by atoms with Crippen LogP contribution in [0.1, 0.15) is 38.5 Å². The SMILES string of the molecule is O=C1CCC(=O)N1C1CCC(Nc2ccnc3ccc(Cl)cc23)CC1. The number of nitrogens with one attached hydrogen (secondary N) is 1. The Morgan fingerprint density at radius 1 is 1.04 bits per heavy atom. The zero-order valence-corrected chi connectivity index (χ0v) is 14.6. The number of hydrogen-bond acceptors (Lipinski definition) is 4. The minimum absolute atomic E-state index is 0.00354. The van der Waals surface area contributed by atoms with Gasteiger partial charge in [-0.1, -0.05) is 11.6 Å². The van der Waals surface area contributed by atoms with E-state index in [1.807, 2.05) is 24.3 Å². The van der Waals surface area contributed by atoms with Crippen LogP contribution in [0.4, 0.5) is 5.69 Å². The van der Waals surface area contributed by atoms with E-state index < -0.39 is 0 Å². The molecule has 0 bridgehead atoms. The highest BCUT2D eigenvalue weighted by Crippen LogP contribution is 2.31. The predicted molar refractivity (Wildman–Crippen MR) is 97.5 cm³/mol. The van der Waals surface area contributed by atoms with Crippen molar-refractivity contribution >= 4 is 40.0 Å². The fraction of sp³-hybridized carbons (Fsp3) is 0.421. The molecule has 2 fully saturated rings. The number of nitrogens with zero attached hydrogens (tertiary/aromatic N) is 2. The Kier molecular flexibility index (Phi) is 4.34. The molecule has 130 valence electrons. The maximum Gasteiger partial charge on any atom is 0.229 e. The predicted octanol–water partition coefficient (Wildman–Crippen LogP) is 3.76. The molecule has 1 saturated heterocycles. The summed E-state index contributed by atoms with van der Waals surface area (Å²) in [5.41, 5.74) is 1.95. The maximum atomic E-state index is 11.9. The average molecular weight is 358 g/mol. The molecule has 5 nitrogen and oxygen atoms in total. The number of fused-ring (bicyclic) bond motifs is 1. The summed E-state index contributed by atoms with van der Waals surface area (Å²) in [6.07, 6.45) is 6.14. The molecule has 4 rings (SSSR count). The number of anilines is 1. The van der Waals surface area contributed by atoms with Crippen molar-refractivity contribution < 1.29 is 9.59 Å². The number of carbonyl (C=O) groups excluding carboxylic acids is 2. The summed E-state index contributed by atoms with van der Waals surface area (Å²) in [5, 5.41) is 5.31. The van der Waals surface area contributed by atoms with Gasteiger partial charge in [0.05, 0.1) is 5.52 Å². The minimum Gasteiger partial charge on any atom is -0.382 e. The van der Waals surface area contributed by atoms with Gasteiger partial charge in [0.25, 0.3) is 0 Å². The first kappa shape index (κ1) is 16.3. The lowest BCUT2D eigenvalue weighted by atomic mass is 9.90. The highest BCUT2D eigenvalue weighted by atomic mass is 35.5. The van der Waals surface area contributed by atoms with Crippen LogP contribution in [0.2, 0.25) is 5.02 Å². The van der Waals surface area contributed by atoms with Crippen molar-refractivity contribution in [3.8, 4) is 0 Å². The third-order valence-electron chi connectivity index (χ3n) is 5.22. The van der Waals surface area contributed by atoms with Gasteiger partial charge in [0.15, 0.2) is 0 Å². The van der Waals surface area contributed by atoms with Gasteiger partial charge in [-0.15, -0.1) is 0 Å². The normalized spacial score (nSPS) is 24.1. The second-order valence-electron chi connectivity index (χ2n) is 6.83. The highest BCUT2D eigenvalue weighted by molar-refractivity contribution is 6.31. The molecule has 2 aromatic rings. The van der Waals surface area contributed by atoms with Crippen LogP contribution in [0.5, 0.6) is 0 Å². The van der Waals surface area contributed by atoms with Crippen molar-refractivity contribution in [2.75, 3.05) is 5.32 Å². The molecule has 6 heteroatoms. The summed E-state index contributed by atoms with van der Waals surface area (Å²) in [5.74, 6) is -0.00708. The second kappa shape index (κ2) is 6.64. The van der Waals surface area contributed by atoms with Crippen molar-refractivity contribution in [1.82, 2.24) is 9.88 Å². The maximum absolute atomic E-state index is 11.9. The fourth-order valence-corrected chi connectivity index (χ4v) is 4.12. The van der Waals surface area contributed by atoms with Crippen LogP contribution in [0.25, 0.3) is 10.9 Å². The second-order valence-corrected chi connectivity index (χ2v) is 7.26. The zero-order chi connectivity index (χ0) is 17.4. The lowest BCUT2D eigenvalue weighted by molar-refractivity contribution is -0.141. The molecule has 25 heavy (non-hydrogen) atoms. The zero-order valence-electron chi connectivity index (χ0n) is 13.9. The van der Waals surface area contributed by atoms with Crippen molar-refractivity contribution in [1.29, 1.82) is 0 Å². The molecule has 1 aliphatic carbocycles. The average Bonchev–Trinajstić information content (AvgIpc) is 2.95. The van der Waals surface area contributed by atoms with Crippen molar-refractivity contribution in [2.24, 2.45) is 0 Å². The quantitative estimate of drug-likeness (QED) is 0.849. The summed E-state index contributed by atoms with van der Waals surface area (Å²) in [4.78, 5) is 29.7. The molecule has 2 amide bonds. The molecule has 1 aliphatic heterocycles. The molecule has 2 aliphatic rings. The van der Waals surface area contributed by atoms with Gasteiger partial charge in [0, 0.05) is 47.2 Å². The van der Waals surface area contributed by atoms with E-state index >= 15 is 0 Å². The van der Waals surface area contributed by atoms with Gasteiger partial charge in [0.1, 0.15) is 0 Å². The molecule has 0 radical (unpaired) electrons. The molecule has 0 atom stereocenters. The van der Waals surface area contributed by atoms with E-state index in [9.17, 15) is 9.59 Å². The van der Waals surface area contributed by atoms with E-state index in [0.717, 1.165) is 42.3 Å². The minimum atomic E-state index is -0.00354. The Hall–Kier alpha value is -2.14. The standard InChI is InChI=1S/C19H20ClN3O2/c20-12-1-6-16-15(11-12)17(9-10-21-16)22-13-2-4-14(5-3-13)23-18(24)7-8-19(23)25/h1,6,9-11,13-14H,2-5,7-8H2,(H,21,22). The first-order chi connectivity index (χ1) is 12.1. The third kappa shape index (κ3) is 3.21. The Bertz CT molecular complexity index is 815. The fourth-order valence-electron chi connectivity index (χ4n) is 3.94. The number of amides is 2. The molecular weight excluding hydrogens is 338 g/mol. The summed E-state index contributed by atoms with van der Waals surface area (Å²) < 4.78 is 0. The number of halogens is 1. The van der Waals surface area contributed by atoms with Crippen LogP contribution in [0.3, 0.4) is 0 Å². The Morgan fingerprint density at radius 2 is 1.76 bits per heavy atom. The van der Waals surface area contributed by atoms with Crippen molar-refractivity contribution in [3.63, 3.8) is 0 Å². The molecule has 1 aromatic heterocycles. The Balaban J connectivity index is 1.45. The lowest BCUT2D eigenvalue weighted by Crippen LogP contribution is -2.43. The molecule has 0 spiro atoms. The third-order valence-corrected chi connectivity index (χ3v) is 5.45. The van der Waals surface area contributed by atoms with Crippen LogP contribution >= 0.6 is 11.6 Å². The number of carbonyl (C=O) groups is 2. The number of benzene rings is 1. The van der Waals surface area contributed by atoms with Gasteiger partial charge < -0.3 is 5.32 Å². The van der Waals surface area contributed by atoms with E-state index in [-0.39, 0.29) is 17.9 Å². The molecule has 2 heterocycles. The monoisotopic (exact) mass is 357 g/mol. The molecule has 0 unspecified atom stereocenters. The molecule has 1 aromatic carbocycles.